The Morgan fingerprint density at radius 2 is 2.59 bits per heavy atom. The van der Waals surface area contributed by atoms with Crippen molar-refractivity contribution in [2.24, 2.45) is 5.92 Å². The summed E-state index contributed by atoms with van der Waals surface area (Å²) in [6, 6.07) is 0. The lowest BCUT2D eigenvalue weighted by atomic mass is 9.86. The zero-order chi connectivity index (χ0) is 12.1. The van der Waals surface area contributed by atoms with E-state index in [4.69, 9.17) is 0 Å². The standard InChI is InChI=1S/C12H21N3OS/c1-13-12(9-16)5-2-3-10(12)4-8-17-11-14-6-7-15-11/h6-7,10,13,16H,2-5,8-9H2,1H3,(H,14,15). The van der Waals surface area contributed by atoms with Crippen LogP contribution in [-0.2, 0) is 0 Å². The van der Waals surface area contributed by atoms with E-state index in [0.717, 1.165) is 23.8 Å². The highest BCUT2D eigenvalue weighted by Gasteiger charge is 2.40. The first kappa shape index (κ1) is 12.9. The quantitative estimate of drug-likeness (QED) is 0.676. The highest BCUT2D eigenvalue weighted by atomic mass is 32.2. The van der Waals surface area contributed by atoms with Crippen molar-refractivity contribution >= 4 is 11.8 Å². The topological polar surface area (TPSA) is 60.9 Å². The first-order chi connectivity index (χ1) is 8.30. The van der Waals surface area contributed by atoms with Gasteiger partial charge in [-0.3, -0.25) is 0 Å². The van der Waals surface area contributed by atoms with Crippen molar-refractivity contribution in [3.8, 4) is 0 Å². The molecule has 5 heteroatoms. The predicted octanol–water partition coefficient (Wildman–Crippen LogP) is 1.64. The largest absolute Gasteiger partial charge is 0.394 e. The summed E-state index contributed by atoms with van der Waals surface area (Å²) >= 11 is 1.76. The van der Waals surface area contributed by atoms with E-state index in [9.17, 15) is 5.11 Å². The van der Waals surface area contributed by atoms with Gasteiger partial charge in [-0.2, -0.15) is 0 Å². The number of nitrogens with one attached hydrogen (secondary N) is 2. The van der Waals surface area contributed by atoms with E-state index in [-0.39, 0.29) is 12.1 Å². The van der Waals surface area contributed by atoms with Crippen LogP contribution < -0.4 is 5.32 Å². The molecule has 4 nitrogen and oxygen atoms in total. The van der Waals surface area contributed by atoms with Crippen LogP contribution in [0.2, 0.25) is 0 Å². The highest BCUT2D eigenvalue weighted by molar-refractivity contribution is 7.99. The molecule has 0 radical (unpaired) electrons. The molecule has 0 saturated heterocycles. The van der Waals surface area contributed by atoms with Crippen LogP contribution in [0.4, 0.5) is 0 Å². The summed E-state index contributed by atoms with van der Waals surface area (Å²) in [5.74, 6) is 1.64. The second-order valence-corrected chi connectivity index (χ2v) is 5.77. The Labute approximate surface area is 107 Å². The molecule has 17 heavy (non-hydrogen) atoms. The van der Waals surface area contributed by atoms with Crippen molar-refractivity contribution in [2.75, 3.05) is 19.4 Å². The minimum atomic E-state index is -0.0380. The molecule has 0 spiro atoms. The van der Waals surface area contributed by atoms with Crippen LogP contribution in [0.5, 0.6) is 0 Å². The number of nitrogens with zero attached hydrogens (tertiary/aromatic N) is 1. The number of H-pyrrole nitrogens is 1. The maximum Gasteiger partial charge on any atom is 0.165 e. The van der Waals surface area contributed by atoms with Gasteiger partial charge in [-0.15, -0.1) is 0 Å². The average molecular weight is 255 g/mol. The molecule has 96 valence electrons. The Bertz CT molecular complexity index is 325. The Hall–Kier alpha value is -0.520. The molecule has 1 fully saturated rings. The van der Waals surface area contributed by atoms with Crippen LogP contribution in [0.3, 0.4) is 0 Å². The second kappa shape index (κ2) is 5.89. The van der Waals surface area contributed by atoms with E-state index >= 15 is 0 Å². The molecule has 2 atom stereocenters. The number of imidazole rings is 1. The average Bonchev–Trinajstić information content (AvgIpc) is 2.99. The summed E-state index contributed by atoms with van der Waals surface area (Å²) in [6.45, 7) is 0.250. The van der Waals surface area contributed by atoms with Crippen molar-refractivity contribution in [2.45, 2.75) is 36.4 Å². The minimum Gasteiger partial charge on any atom is -0.394 e. The normalized spacial score (nSPS) is 28.7. The molecule has 0 amide bonds. The summed E-state index contributed by atoms with van der Waals surface area (Å²) in [5.41, 5.74) is -0.0380. The fraction of sp³-hybridized carbons (Fsp3) is 0.750. The maximum atomic E-state index is 9.58. The monoisotopic (exact) mass is 255 g/mol. The molecular weight excluding hydrogens is 234 g/mol. The van der Waals surface area contributed by atoms with Gasteiger partial charge in [0.15, 0.2) is 5.16 Å². The van der Waals surface area contributed by atoms with Crippen LogP contribution in [0.1, 0.15) is 25.7 Å². The molecule has 0 aromatic carbocycles. The van der Waals surface area contributed by atoms with Crippen LogP contribution in [0, 0.1) is 5.92 Å². The number of aliphatic hydroxyl groups is 1. The lowest BCUT2D eigenvalue weighted by molar-refractivity contribution is 0.130. The van der Waals surface area contributed by atoms with Gasteiger partial charge in [0.1, 0.15) is 0 Å². The van der Waals surface area contributed by atoms with E-state index in [2.05, 4.69) is 15.3 Å². The molecule has 1 aliphatic rings. The number of aromatic nitrogens is 2. The number of hydrogen-bond donors (Lipinski definition) is 3. The molecule has 1 heterocycles. The molecular formula is C12H21N3OS. The number of likely N-dealkylation sites (N-methyl/N-ethyl adjacent to an activating group) is 1. The van der Waals surface area contributed by atoms with E-state index in [1.54, 1.807) is 18.0 Å². The molecule has 1 saturated carbocycles. The molecule has 1 aliphatic carbocycles. The summed E-state index contributed by atoms with van der Waals surface area (Å²) in [6.07, 6.45) is 8.30. The van der Waals surface area contributed by atoms with E-state index < -0.39 is 0 Å². The smallest absolute Gasteiger partial charge is 0.165 e. The summed E-state index contributed by atoms with van der Waals surface area (Å²) < 4.78 is 0. The zero-order valence-corrected chi connectivity index (χ0v) is 11.1. The van der Waals surface area contributed by atoms with Crippen LogP contribution >= 0.6 is 11.8 Å². The van der Waals surface area contributed by atoms with E-state index in [1.165, 1.54) is 12.8 Å². The van der Waals surface area contributed by atoms with Crippen molar-refractivity contribution in [3.05, 3.63) is 12.4 Å². The molecule has 1 aromatic heterocycles. The summed E-state index contributed by atoms with van der Waals surface area (Å²) in [4.78, 5) is 7.30. The van der Waals surface area contributed by atoms with Gasteiger partial charge in [-0.05, 0) is 32.2 Å². The highest BCUT2D eigenvalue weighted by Crippen LogP contribution is 2.38. The van der Waals surface area contributed by atoms with Gasteiger partial charge < -0.3 is 15.4 Å². The molecule has 2 rings (SSSR count). The molecule has 1 aromatic rings. The molecule has 0 bridgehead atoms. The van der Waals surface area contributed by atoms with Gasteiger partial charge in [0.25, 0.3) is 0 Å². The van der Waals surface area contributed by atoms with Crippen molar-refractivity contribution in [3.63, 3.8) is 0 Å². The third-order valence-electron chi connectivity index (χ3n) is 3.92. The molecule has 0 aliphatic heterocycles. The van der Waals surface area contributed by atoms with Gasteiger partial charge in [-0.25, -0.2) is 4.98 Å². The van der Waals surface area contributed by atoms with E-state index in [0.29, 0.717) is 5.92 Å². The Balaban J connectivity index is 1.82. The first-order valence-electron chi connectivity index (χ1n) is 6.23. The van der Waals surface area contributed by atoms with Crippen LogP contribution in [-0.4, -0.2) is 40.0 Å². The van der Waals surface area contributed by atoms with Crippen molar-refractivity contribution in [1.82, 2.24) is 15.3 Å². The van der Waals surface area contributed by atoms with Gasteiger partial charge in [-0.1, -0.05) is 18.2 Å². The Morgan fingerprint density at radius 3 is 3.24 bits per heavy atom. The van der Waals surface area contributed by atoms with Crippen molar-refractivity contribution in [1.29, 1.82) is 0 Å². The zero-order valence-electron chi connectivity index (χ0n) is 10.3. The fourth-order valence-corrected chi connectivity index (χ4v) is 3.69. The number of hydrogen-bond acceptors (Lipinski definition) is 4. The summed E-state index contributed by atoms with van der Waals surface area (Å²) in [7, 11) is 1.97. The first-order valence-corrected chi connectivity index (χ1v) is 7.21. The number of rotatable bonds is 6. The van der Waals surface area contributed by atoms with Gasteiger partial charge in [0.2, 0.25) is 0 Å². The maximum absolute atomic E-state index is 9.58. The number of aromatic amines is 1. The SMILES string of the molecule is CNC1(CO)CCCC1CCSc1ncc[nH]1. The third-order valence-corrected chi connectivity index (χ3v) is 4.85. The Kier molecular flexibility index (Phi) is 4.48. The van der Waals surface area contributed by atoms with E-state index in [1.807, 2.05) is 13.2 Å². The van der Waals surface area contributed by atoms with Gasteiger partial charge in [0, 0.05) is 23.7 Å². The molecule has 2 unspecified atom stereocenters. The predicted molar refractivity (Wildman–Crippen MR) is 70.1 cm³/mol. The fourth-order valence-electron chi connectivity index (χ4n) is 2.81. The lowest BCUT2D eigenvalue weighted by Gasteiger charge is -2.33. The van der Waals surface area contributed by atoms with Gasteiger partial charge >= 0.3 is 0 Å². The van der Waals surface area contributed by atoms with Crippen LogP contribution in [0.25, 0.3) is 0 Å². The van der Waals surface area contributed by atoms with Gasteiger partial charge in [0.05, 0.1) is 6.61 Å². The number of thioether (sulfide) groups is 1. The van der Waals surface area contributed by atoms with Crippen LogP contribution in [0.15, 0.2) is 17.6 Å². The Morgan fingerprint density at radius 1 is 1.71 bits per heavy atom. The minimum absolute atomic E-state index is 0.0380. The third kappa shape index (κ3) is 2.84. The molecule has 3 N–H and O–H groups in total. The number of aliphatic hydroxyl groups excluding tert-OH is 1. The lowest BCUT2D eigenvalue weighted by Crippen LogP contribution is -2.49. The summed E-state index contributed by atoms with van der Waals surface area (Å²) in [5, 5.41) is 13.9. The van der Waals surface area contributed by atoms with Crippen molar-refractivity contribution < 1.29 is 5.11 Å². The second-order valence-electron chi connectivity index (χ2n) is 4.68.